The van der Waals surface area contributed by atoms with Crippen molar-refractivity contribution in [1.82, 2.24) is 4.90 Å². The number of halogens is 1. The number of Topliss-reactive ketones (excluding diaryl/α,β-unsaturated/α-hetero) is 1. The molecule has 6 heteroatoms. The Labute approximate surface area is 110 Å². The highest BCUT2D eigenvalue weighted by molar-refractivity contribution is 5.97. The molecular formula is C13H17FN2O3. The van der Waals surface area contributed by atoms with Crippen LogP contribution in [-0.2, 0) is 11.3 Å². The number of primary amides is 1. The highest BCUT2D eigenvalue weighted by Crippen LogP contribution is 2.25. The molecule has 19 heavy (non-hydrogen) atoms. The summed E-state index contributed by atoms with van der Waals surface area (Å²) in [6.07, 6.45) is 0. The number of nitrogens with two attached hydrogens (primary N) is 1. The van der Waals surface area contributed by atoms with Crippen LogP contribution in [0.4, 0.5) is 4.39 Å². The Kier molecular flexibility index (Phi) is 5.00. The van der Waals surface area contributed by atoms with Gasteiger partial charge < -0.3 is 10.8 Å². The SMILES string of the molecule is CCN(CC(N)=O)Cc1cc(F)cc(C(C)=O)c1O. The first-order valence-corrected chi connectivity index (χ1v) is 5.88. The van der Waals surface area contributed by atoms with Crippen molar-refractivity contribution in [3.63, 3.8) is 0 Å². The summed E-state index contributed by atoms with van der Waals surface area (Å²) in [5.74, 6) is -1.79. The molecule has 0 unspecified atom stereocenters. The average molecular weight is 268 g/mol. The van der Waals surface area contributed by atoms with Gasteiger partial charge in [-0.25, -0.2) is 4.39 Å². The van der Waals surface area contributed by atoms with Gasteiger partial charge in [0.05, 0.1) is 12.1 Å². The number of aromatic hydroxyl groups is 1. The van der Waals surface area contributed by atoms with E-state index in [9.17, 15) is 19.1 Å². The van der Waals surface area contributed by atoms with Crippen LogP contribution < -0.4 is 5.73 Å². The molecule has 0 spiro atoms. The summed E-state index contributed by atoms with van der Waals surface area (Å²) in [6.45, 7) is 3.71. The van der Waals surface area contributed by atoms with Crippen molar-refractivity contribution >= 4 is 11.7 Å². The van der Waals surface area contributed by atoms with E-state index in [0.717, 1.165) is 12.1 Å². The lowest BCUT2D eigenvalue weighted by molar-refractivity contribution is -0.119. The molecule has 0 saturated heterocycles. The molecule has 3 N–H and O–H groups in total. The third-order valence-corrected chi connectivity index (χ3v) is 2.75. The Morgan fingerprint density at radius 2 is 2.05 bits per heavy atom. The van der Waals surface area contributed by atoms with E-state index in [4.69, 9.17) is 5.73 Å². The van der Waals surface area contributed by atoms with Crippen LogP contribution in [0.25, 0.3) is 0 Å². The van der Waals surface area contributed by atoms with Crippen molar-refractivity contribution in [3.05, 3.63) is 29.1 Å². The zero-order valence-electron chi connectivity index (χ0n) is 10.9. The van der Waals surface area contributed by atoms with E-state index in [1.165, 1.54) is 6.92 Å². The van der Waals surface area contributed by atoms with Gasteiger partial charge in [0.2, 0.25) is 5.91 Å². The maximum atomic E-state index is 13.4. The lowest BCUT2D eigenvalue weighted by atomic mass is 10.0. The van der Waals surface area contributed by atoms with Crippen molar-refractivity contribution < 1.29 is 19.1 Å². The Bertz CT molecular complexity index is 503. The molecule has 104 valence electrons. The van der Waals surface area contributed by atoms with E-state index in [1.54, 1.807) is 4.90 Å². The summed E-state index contributed by atoms with van der Waals surface area (Å²) in [7, 11) is 0. The second kappa shape index (κ2) is 6.29. The number of carbonyl (C=O) groups excluding carboxylic acids is 2. The zero-order chi connectivity index (χ0) is 14.6. The molecule has 0 radical (unpaired) electrons. The lowest BCUT2D eigenvalue weighted by Crippen LogP contribution is -2.33. The summed E-state index contributed by atoms with van der Waals surface area (Å²) in [6, 6.07) is 2.14. The topological polar surface area (TPSA) is 83.6 Å². The van der Waals surface area contributed by atoms with Crippen molar-refractivity contribution in [3.8, 4) is 5.75 Å². The predicted octanol–water partition coefficient (Wildman–Crippen LogP) is 1.04. The summed E-state index contributed by atoms with van der Waals surface area (Å²) in [5.41, 5.74) is 5.29. The minimum Gasteiger partial charge on any atom is -0.507 e. The van der Waals surface area contributed by atoms with Crippen LogP contribution in [0.1, 0.15) is 29.8 Å². The molecule has 5 nitrogen and oxygen atoms in total. The Morgan fingerprint density at radius 1 is 1.42 bits per heavy atom. The second-order valence-electron chi connectivity index (χ2n) is 4.29. The van der Waals surface area contributed by atoms with E-state index < -0.39 is 17.5 Å². The number of likely N-dealkylation sites (N-methyl/N-ethyl adjacent to an activating group) is 1. The number of phenolic OH excluding ortho intramolecular Hbond substituents is 1. The van der Waals surface area contributed by atoms with E-state index in [-0.39, 0.29) is 30.0 Å². The molecule has 0 aliphatic rings. The van der Waals surface area contributed by atoms with Crippen LogP contribution in [-0.4, -0.2) is 34.8 Å². The third-order valence-electron chi connectivity index (χ3n) is 2.75. The van der Waals surface area contributed by atoms with Gasteiger partial charge in [-0.05, 0) is 25.6 Å². The molecule has 0 atom stereocenters. The molecule has 0 aliphatic carbocycles. The monoisotopic (exact) mass is 268 g/mol. The van der Waals surface area contributed by atoms with E-state index in [0.29, 0.717) is 6.54 Å². The largest absolute Gasteiger partial charge is 0.507 e. The van der Waals surface area contributed by atoms with Gasteiger partial charge in [0.25, 0.3) is 0 Å². The number of phenols is 1. The van der Waals surface area contributed by atoms with Crippen molar-refractivity contribution in [2.45, 2.75) is 20.4 Å². The molecule has 1 aromatic carbocycles. The molecule has 0 heterocycles. The van der Waals surface area contributed by atoms with Crippen molar-refractivity contribution in [2.24, 2.45) is 5.73 Å². The predicted molar refractivity (Wildman–Crippen MR) is 68.2 cm³/mol. The lowest BCUT2D eigenvalue weighted by Gasteiger charge is -2.19. The number of amides is 1. The van der Waals surface area contributed by atoms with E-state index in [1.807, 2.05) is 6.92 Å². The third kappa shape index (κ3) is 4.03. The van der Waals surface area contributed by atoms with Gasteiger partial charge in [-0.2, -0.15) is 0 Å². The molecule has 0 bridgehead atoms. The number of benzene rings is 1. The van der Waals surface area contributed by atoms with Crippen LogP contribution in [0.3, 0.4) is 0 Å². The first-order valence-electron chi connectivity index (χ1n) is 5.88. The summed E-state index contributed by atoms with van der Waals surface area (Å²) in [4.78, 5) is 23.8. The molecule has 1 aromatic rings. The first-order chi connectivity index (χ1) is 8.85. The fraction of sp³-hybridized carbons (Fsp3) is 0.385. The molecule has 0 aromatic heterocycles. The van der Waals surface area contributed by atoms with Gasteiger partial charge in [-0.3, -0.25) is 14.5 Å². The number of carbonyl (C=O) groups is 2. The van der Waals surface area contributed by atoms with E-state index >= 15 is 0 Å². The Balaban J connectivity index is 3.06. The van der Waals surface area contributed by atoms with Gasteiger partial charge in [0, 0.05) is 12.1 Å². The zero-order valence-corrected chi connectivity index (χ0v) is 10.9. The maximum absolute atomic E-state index is 13.4. The van der Waals surface area contributed by atoms with Crippen LogP contribution in [0.5, 0.6) is 5.75 Å². The molecule has 1 amide bonds. The molecule has 0 aliphatic heterocycles. The quantitative estimate of drug-likeness (QED) is 0.755. The van der Waals surface area contributed by atoms with Gasteiger partial charge in [-0.15, -0.1) is 0 Å². The Hall–Kier alpha value is -1.95. The van der Waals surface area contributed by atoms with Crippen LogP contribution in [0.15, 0.2) is 12.1 Å². The smallest absolute Gasteiger partial charge is 0.231 e. The molecule has 0 fully saturated rings. The number of rotatable bonds is 6. The minimum absolute atomic E-state index is 0.00184. The van der Waals surface area contributed by atoms with E-state index in [2.05, 4.69) is 0 Å². The first kappa shape index (κ1) is 15.1. The summed E-state index contributed by atoms with van der Waals surface area (Å²) >= 11 is 0. The number of nitrogens with zero attached hydrogens (tertiary/aromatic N) is 1. The van der Waals surface area contributed by atoms with Crippen molar-refractivity contribution in [2.75, 3.05) is 13.1 Å². The normalized spacial score (nSPS) is 10.7. The highest BCUT2D eigenvalue weighted by Gasteiger charge is 2.16. The van der Waals surface area contributed by atoms with Gasteiger partial charge in [0.1, 0.15) is 11.6 Å². The Morgan fingerprint density at radius 3 is 2.53 bits per heavy atom. The maximum Gasteiger partial charge on any atom is 0.231 e. The van der Waals surface area contributed by atoms with Gasteiger partial charge in [0.15, 0.2) is 5.78 Å². The number of hydrogen-bond donors (Lipinski definition) is 2. The molecule has 0 saturated carbocycles. The fourth-order valence-electron chi connectivity index (χ4n) is 1.79. The fourth-order valence-corrected chi connectivity index (χ4v) is 1.79. The second-order valence-corrected chi connectivity index (χ2v) is 4.29. The average Bonchev–Trinajstić information content (AvgIpc) is 2.31. The summed E-state index contributed by atoms with van der Waals surface area (Å²) in [5, 5.41) is 9.93. The molecular weight excluding hydrogens is 251 g/mol. The minimum atomic E-state index is -0.604. The highest BCUT2D eigenvalue weighted by atomic mass is 19.1. The van der Waals surface area contributed by atoms with Crippen molar-refractivity contribution in [1.29, 1.82) is 0 Å². The molecule has 1 rings (SSSR count). The summed E-state index contributed by atoms with van der Waals surface area (Å²) < 4.78 is 13.4. The van der Waals surface area contributed by atoms with Crippen LogP contribution >= 0.6 is 0 Å². The van der Waals surface area contributed by atoms with Gasteiger partial charge >= 0.3 is 0 Å². The van der Waals surface area contributed by atoms with Crippen LogP contribution in [0, 0.1) is 5.82 Å². The number of hydrogen-bond acceptors (Lipinski definition) is 4. The van der Waals surface area contributed by atoms with Gasteiger partial charge in [-0.1, -0.05) is 6.92 Å². The number of ketones is 1. The van der Waals surface area contributed by atoms with Crippen LogP contribution in [0.2, 0.25) is 0 Å². The standard InChI is InChI=1S/C13H17FN2O3/c1-3-16(7-12(15)18)6-9-4-10(14)5-11(8(2)17)13(9)19/h4-5,19H,3,6-7H2,1-2H3,(H2,15,18).